The highest BCUT2D eigenvalue weighted by atomic mass is 32.1. The lowest BCUT2D eigenvalue weighted by Gasteiger charge is -2.26. The third kappa shape index (κ3) is 4.53. The lowest BCUT2D eigenvalue weighted by molar-refractivity contribution is 0.329. The molecule has 0 unspecified atom stereocenters. The van der Waals surface area contributed by atoms with Gasteiger partial charge in [0.1, 0.15) is 34.3 Å². The van der Waals surface area contributed by atoms with E-state index < -0.39 is 0 Å². The molecule has 0 saturated carbocycles. The standard InChI is InChI=1S/C26H31N7OS/c1-14(2)22-16(4)30-21(5-6-27)32-24(22)33-7-8-34-23-15(3)9-17(10-19(23)13-33)18-11-20-25(29-12-18)35-26(28)31-20/h9-12,14H,5-8,13,27H2,1-4H3,(H2,28,31). The minimum absolute atomic E-state index is 0.303. The van der Waals surface area contributed by atoms with Gasteiger partial charge in [0.15, 0.2) is 5.13 Å². The molecule has 0 fully saturated rings. The highest BCUT2D eigenvalue weighted by Gasteiger charge is 2.24. The first-order valence-electron chi connectivity index (χ1n) is 11.9. The molecule has 4 N–H and O–H groups in total. The van der Waals surface area contributed by atoms with Gasteiger partial charge in [-0.15, -0.1) is 0 Å². The SMILES string of the molecule is Cc1cc(-c2cnc3sc(N)nc3c2)cc2c1OCCN(c1nc(CCN)nc(C)c1C(C)C)C2. The zero-order valence-corrected chi connectivity index (χ0v) is 21.4. The number of anilines is 2. The van der Waals surface area contributed by atoms with Crippen LogP contribution in [0.15, 0.2) is 24.4 Å². The summed E-state index contributed by atoms with van der Waals surface area (Å²) < 4.78 is 6.26. The van der Waals surface area contributed by atoms with E-state index in [1.165, 1.54) is 16.9 Å². The topological polar surface area (TPSA) is 116 Å². The zero-order chi connectivity index (χ0) is 24.7. The summed E-state index contributed by atoms with van der Waals surface area (Å²) in [5.41, 5.74) is 19.0. The smallest absolute Gasteiger partial charge is 0.182 e. The predicted octanol–water partition coefficient (Wildman–Crippen LogP) is 4.37. The van der Waals surface area contributed by atoms with Crippen LogP contribution in [0.25, 0.3) is 21.5 Å². The van der Waals surface area contributed by atoms with Gasteiger partial charge >= 0.3 is 0 Å². The molecule has 8 nitrogen and oxygen atoms in total. The summed E-state index contributed by atoms with van der Waals surface area (Å²) in [7, 11) is 0. The van der Waals surface area contributed by atoms with E-state index in [9.17, 15) is 0 Å². The van der Waals surface area contributed by atoms with E-state index in [4.69, 9.17) is 26.2 Å². The van der Waals surface area contributed by atoms with E-state index in [2.05, 4.69) is 60.8 Å². The summed E-state index contributed by atoms with van der Waals surface area (Å²) in [6.07, 6.45) is 2.55. The van der Waals surface area contributed by atoms with Gasteiger partial charge < -0.3 is 21.1 Å². The molecule has 0 spiro atoms. The highest BCUT2D eigenvalue weighted by molar-refractivity contribution is 7.21. The maximum Gasteiger partial charge on any atom is 0.182 e. The molecule has 3 aromatic heterocycles. The van der Waals surface area contributed by atoms with Crippen LogP contribution < -0.4 is 21.1 Å². The zero-order valence-electron chi connectivity index (χ0n) is 20.6. The van der Waals surface area contributed by atoms with Gasteiger partial charge in [-0.05, 0) is 55.6 Å². The van der Waals surface area contributed by atoms with E-state index >= 15 is 0 Å². The fourth-order valence-corrected chi connectivity index (χ4v) is 5.50. The third-order valence-electron chi connectivity index (χ3n) is 6.33. The van der Waals surface area contributed by atoms with Crippen molar-refractivity contribution in [1.82, 2.24) is 19.9 Å². The van der Waals surface area contributed by atoms with E-state index in [1.807, 2.05) is 6.20 Å². The number of thiazole rings is 1. The van der Waals surface area contributed by atoms with E-state index in [-0.39, 0.29) is 0 Å². The first-order chi connectivity index (χ1) is 16.8. The summed E-state index contributed by atoms with van der Waals surface area (Å²) in [6.45, 7) is 11.1. The molecule has 0 amide bonds. The number of aryl methyl sites for hydroxylation is 2. The van der Waals surface area contributed by atoms with Crippen molar-refractivity contribution in [3.05, 3.63) is 52.6 Å². The number of hydrogen-bond donors (Lipinski definition) is 2. The minimum Gasteiger partial charge on any atom is -0.491 e. The summed E-state index contributed by atoms with van der Waals surface area (Å²) in [5, 5.41) is 0.530. The summed E-state index contributed by atoms with van der Waals surface area (Å²) in [6, 6.07) is 6.40. The first kappa shape index (κ1) is 23.4. The number of nitrogens with zero attached hydrogens (tertiary/aromatic N) is 5. The van der Waals surface area contributed by atoms with Crippen LogP contribution in [0.5, 0.6) is 5.75 Å². The Kier molecular flexibility index (Phi) is 6.29. The number of nitrogens with two attached hydrogens (primary N) is 2. The Bertz CT molecular complexity index is 1400. The highest BCUT2D eigenvalue weighted by Crippen LogP contribution is 2.36. The van der Waals surface area contributed by atoms with Crippen molar-refractivity contribution in [1.29, 1.82) is 0 Å². The molecule has 0 saturated heterocycles. The quantitative estimate of drug-likeness (QED) is 0.424. The van der Waals surface area contributed by atoms with Crippen LogP contribution in [0.1, 0.15) is 48.0 Å². The molecule has 0 radical (unpaired) electrons. The van der Waals surface area contributed by atoms with Crippen molar-refractivity contribution < 1.29 is 4.74 Å². The fraction of sp³-hybridized carbons (Fsp3) is 0.385. The Morgan fingerprint density at radius 1 is 1.11 bits per heavy atom. The number of benzene rings is 1. The van der Waals surface area contributed by atoms with Crippen LogP contribution in [0, 0.1) is 13.8 Å². The molecule has 1 aliphatic heterocycles. The number of nitrogen functional groups attached to an aromatic ring is 1. The predicted molar refractivity (Wildman–Crippen MR) is 142 cm³/mol. The Balaban J connectivity index is 1.57. The van der Waals surface area contributed by atoms with Gasteiger partial charge in [-0.25, -0.2) is 19.9 Å². The van der Waals surface area contributed by atoms with Crippen LogP contribution in [-0.4, -0.2) is 39.6 Å². The molecule has 9 heteroatoms. The largest absolute Gasteiger partial charge is 0.491 e. The monoisotopic (exact) mass is 489 g/mol. The van der Waals surface area contributed by atoms with Gasteiger partial charge in [-0.2, -0.15) is 0 Å². The molecule has 0 aliphatic carbocycles. The molecular weight excluding hydrogens is 458 g/mol. The molecule has 4 aromatic rings. The molecular formula is C26H31N7OS. The van der Waals surface area contributed by atoms with Crippen molar-refractivity contribution in [2.45, 2.75) is 46.6 Å². The summed E-state index contributed by atoms with van der Waals surface area (Å²) in [4.78, 5) is 21.9. The van der Waals surface area contributed by atoms with E-state index in [0.717, 1.165) is 62.2 Å². The Hall–Kier alpha value is -3.30. The molecule has 1 aromatic carbocycles. The molecule has 35 heavy (non-hydrogen) atoms. The number of rotatable bonds is 5. The number of fused-ring (bicyclic) bond motifs is 2. The van der Waals surface area contributed by atoms with Crippen molar-refractivity contribution >= 4 is 32.6 Å². The van der Waals surface area contributed by atoms with Gasteiger partial charge in [0.25, 0.3) is 0 Å². The molecule has 182 valence electrons. The minimum atomic E-state index is 0.303. The summed E-state index contributed by atoms with van der Waals surface area (Å²) >= 11 is 1.40. The van der Waals surface area contributed by atoms with Crippen molar-refractivity contribution in [2.75, 3.05) is 30.3 Å². The summed E-state index contributed by atoms with van der Waals surface area (Å²) in [5.74, 6) is 3.03. The van der Waals surface area contributed by atoms with Gasteiger partial charge in [-0.3, -0.25) is 0 Å². The Morgan fingerprint density at radius 3 is 2.71 bits per heavy atom. The second kappa shape index (κ2) is 9.39. The number of aromatic nitrogens is 4. The van der Waals surface area contributed by atoms with E-state index in [0.29, 0.717) is 37.2 Å². The van der Waals surface area contributed by atoms with Crippen LogP contribution in [-0.2, 0) is 13.0 Å². The molecule has 0 bridgehead atoms. The fourth-order valence-electron chi connectivity index (χ4n) is 4.84. The number of pyridine rings is 1. The lowest BCUT2D eigenvalue weighted by Crippen LogP contribution is -2.29. The first-order valence-corrected chi connectivity index (χ1v) is 12.8. The maximum atomic E-state index is 6.26. The second-order valence-corrected chi connectivity index (χ2v) is 10.3. The molecule has 5 rings (SSSR count). The molecule has 0 atom stereocenters. The van der Waals surface area contributed by atoms with Crippen LogP contribution >= 0.6 is 11.3 Å². The average molecular weight is 490 g/mol. The number of hydrogen-bond acceptors (Lipinski definition) is 9. The van der Waals surface area contributed by atoms with E-state index in [1.54, 1.807) is 0 Å². The van der Waals surface area contributed by atoms with Gasteiger partial charge in [0, 0.05) is 41.5 Å². The van der Waals surface area contributed by atoms with Gasteiger partial charge in [0.2, 0.25) is 0 Å². The van der Waals surface area contributed by atoms with Crippen molar-refractivity contribution in [2.24, 2.45) is 5.73 Å². The average Bonchev–Trinajstić information content (AvgIpc) is 3.03. The lowest BCUT2D eigenvalue weighted by atomic mass is 9.99. The maximum absolute atomic E-state index is 6.26. The third-order valence-corrected chi connectivity index (χ3v) is 7.13. The number of ether oxygens (including phenoxy) is 1. The molecule has 4 heterocycles. The Morgan fingerprint density at radius 2 is 1.94 bits per heavy atom. The Labute approximate surface area is 209 Å². The van der Waals surface area contributed by atoms with Crippen LogP contribution in [0.2, 0.25) is 0 Å². The van der Waals surface area contributed by atoms with Crippen LogP contribution in [0.3, 0.4) is 0 Å². The van der Waals surface area contributed by atoms with Gasteiger partial charge in [0.05, 0.1) is 6.54 Å². The van der Waals surface area contributed by atoms with Crippen LogP contribution in [0.4, 0.5) is 10.9 Å². The van der Waals surface area contributed by atoms with Crippen molar-refractivity contribution in [3.63, 3.8) is 0 Å². The van der Waals surface area contributed by atoms with Gasteiger partial charge in [-0.1, -0.05) is 25.2 Å². The van der Waals surface area contributed by atoms with Crippen molar-refractivity contribution in [3.8, 4) is 16.9 Å². The second-order valence-electron chi connectivity index (χ2n) is 9.31. The molecule has 1 aliphatic rings. The normalized spacial score (nSPS) is 13.7.